The molecule has 3 rings (SSSR count). The molecule has 2 aromatic carbocycles. The van der Waals surface area contributed by atoms with Crippen LogP contribution in [0.2, 0.25) is 0 Å². The summed E-state index contributed by atoms with van der Waals surface area (Å²) in [5.74, 6) is 0.143. The van der Waals surface area contributed by atoms with Gasteiger partial charge in [0.15, 0.2) is 0 Å². The van der Waals surface area contributed by atoms with Crippen LogP contribution in [0.3, 0.4) is 0 Å². The van der Waals surface area contributed by atoms with Crippen LogP contribution in [0.25, 0.3) is 0 Å². The normalized spacial score (nSPS) is 17.2. The van der Waals surface area contributed by atoms with Crippen LogP contribution < -0.4 is 5.32 Å². The number of nitrogens with one attached hydrogen (secondary N) is 1. The minimum absolute atomic E-state index is 0.0398. The summed E-state index contributed by atoms with van der Waals surface area (Å²) < 4.78 is 0. The summed E-state index contributed by atoms with van der Waals surface area (Å²) in [5.41, 5.74) is 2.44. The lowest BCUT2D eigenvalue weighted by atomic mass is 9.90. The molecule has 0 unspecified atom stereocenters. The van der Waals surface area contributed by atoms with Gasteiger partial charge in [-0.05, 0) is 25.0 Å². The molecule has 5 nitrogen and oxygen atoms in total. The van der Waals surface area contributed by atoms with Crippen molar-refractivity contribution in [2.45, 2.75) is 32.2 Å². The minimum atomic E-state index is -0.424. The molecule has 154 valence electrons. The number of hydrogen-bond donors (Lipinski definition) is 1. The standard InChI is InChI=1S/C24H31N3O2/c1-3-26(4-2)23(28)17-22-24(29)25-15-16-27(22)18-21(19-11-7-5-8-12-19)20-13-9-6-10-14-20/h5-14,21-22H,3-4,15-18H2,1-2H3,(H,25,29)/t22-/m0/s1. The summed E-state index contributed by atoms with van der Waals surface area (Å²) in [6.45, 7) is 7.35. The first-order valence-electron chi connectivity index (χ1n) is 10.5. The molecule has 2 aromatic rings. The Morgan fingerprint density at radius 3 is 2.10 bits per heavy atom. The highest BCUT2D eigenvalue weighted by atomic mass is 16.2. The van der Waals surface area contributed by atoms with E-state index in [-0.39, 0.29) is 24.2 Å². The Bertz CT molecular complexity index is 751. The molecule has 2 amide bonds. The van der Waals surface area contributed by atoms with Gasteiger partial charge in [-0.15, -0.1) is 0 Å². The second-order valence-corrected chi connectivity index (χ2v) is 7.45. The highest BCUT2D eigenvalue weighted by Gasteiger charge is 2.34. The van der Waals surface area contributed by atoms with Crippen LogP contribution in [0.4, 0.5) is 0 Å². The average Bonchev–Trinajstić information content (AvgIpc) is 2.76. The maximum Gasteiger partial charge on any atom is 0.237 e. The minimum Gasteiger partial charge on any atom is -0.353 e. The van der Waals surface area contributed by atoms with Crippen LogP contribution >= 0.6 is 0 Å². The van der Waals surface area contributed by atoms with E-state index in [0.29, 0.717) is 26.2 Å². The SMILES string of the molecule is CCN(CC)C(=O)C[C@H]1C(=O)NCCN1CC(c1ccccc1)c1ccccc1. The Kier molecular flexibility index (Phi) is 7.42. The fourth-order valence-electron chi connectivity index (χ4n) is 4.08. The molecular weight excluding hydrogens is 362 g/mol. The molecule has 1 atom stereocenters. The summed E-state index contributed by atoms with van der Waals surface area (Å²) in [5, 5.41) is 2.94. The molecule has 29 heavy (non-hydrogen) atoms. The number of benzene rings is 2. The summed E-state index contributed by atoms with van der Waals surface area (Å²) >= 11 is 0. The fraction of sp³-hybridized carbons (Fsp3) is 0.417. The Morgan fingerprint density at radius 1 is 1.03 bits per heavy atom. The van der Waals surface area contributed by atoms with Crippen molar-refractivity contribution in [3.63, 3.8) is 0 Å². The maximum absolute atomic E-state index is 12.7. The molecular formula is C24H31N3O2. The van der Waals surface area contributed by atoms with Crippen molar-refractivity contribution >= 4 is 11.8 Å². The zero-order chi connectivity index (χ0) is 20.6. The fourth-order valence-corrected chi connectivity index (χ4v) is 4.08. The number of carbonyl (C=O) groups is 2. The van der Waals surface area contributed by atoms with Gasteiger partial charge in [0.1, 0.15) is 0 Å². The third kappa shape index (κ3) is 5.24. The lowest BCUT2D eigenvalue weighted by molar-refractivity contribution is -0.138. The van der Waals surface area contributed by atoms with Gasteiger partial charge in [0.25, 0.3) is 0 Å². The summed E-state index contributed by atoms with van der Waals surface area (Å²) in [7, 11) is 0. The van der Waals surface area contributed by atoms with E-state index in [0.717, 1.165) is 6.54 Å². The smallest absolute Gasteiger partial charge is 0.237 e. The molecule has 0 radical (unpaired) electrons. The zero-order valence-electron chi connectivity index (χ0n) is 17.4. The lowest BCUT2D eigenvalue weighted by Gasteiger charge is -2.38. The number of carbonyl (C=O) groups excluding carboxylic acids is 2. The molecule has 0 saturated carbocycles. The molecule has 0 aliphatic carbocycles. The Hall–Kier alpha value is -2.66. The number of rotatable bonds is 8. The van der Waals surface area contributed by atoms with Crippen molar-refractivity contribution in [1.82, 2.24) is 15.1 Å². The topological polar surface area (TPSA) is 52.7 Å². The van der Waals surface area contributed by atoms with Gasteiger partial charge in [-0.25, -0.2) is 0 Å². The number of nitrogens with zero attached hydrogens (tertiary/aromatic N) is 2. The average molecular weight is 394 g/mol. The maximum atomic E-state index is 12.7. The Morgan fingerprint density at radius 2 is 1.59 bits per heavy atom. The van der Waals surface area contributed by atoms with Crippen molar-refractivity contribution in [3.05, 3.63) is 71.8 Å². The van der Waals surface area contributed by atoms with Crippen molar-refractivity contribution in [1.29, 1.82) is 0 Å². The third-order valence-electron chi connectivity index (χ3n) is 5.75. The second kappa shape index (κ2) is 10.2. The van der Waals surface area contributed by atoms with Crippen molar-refractivity contribution in [3.8, 4) is 0 Å². The van der Waals surface area contributed by atoms with Gasteiger partial charge in [-0.3, -0.25) is 14.5 Å². The Labute approximate surface area is 173 Å². The molecule has 0 spiro atoms. The van der Waals surface area contributed by atoms with Gasteiger partial charge >= 0.3 is 0 Å². The van der Waals surface area contributed by atoms with Crippen LogP contribution in [0, 0.1) is 0 Å². The van der Waals surface area contributed by atoms with Gasteiger partial charge in [0.2, 0.25) is 11.8 Å². The van der Waals surface area contributed by atoms with E-state index in [1.807, 2.05) is 26.0 Å². The van der Waals surface area contributed by atoms with Crippen LogP contribution in [-0.4, -0.2) is 60.4 Å². The van der Waals surface area contributed by atoms with Gasteiger partial charge in [0, 0.05) is 38.6 Å². The first-order valence-corrected chi connectivity index (χ1v) is 10.5. The summed E-state index contributed by atoms with van der Waals surface area (Å²) in [4.78, 5) is 29.4. The summed E-state index contributed by atoms with van der Waals surface area (Å²) in [6, 6.07) is 20.4. The predicted octanol–water partition coefficient (Wildman–Crippen LogP) is 2.88. The molecule has 1 aliphatic rings. The van der Waals surface area contributed by atoms with Crippen LogP contribution in [0.15, 0.2) is 60.7 Å². The molecule has 1 N–H and O–H groups in total. The van der Waals surface area contributed by atoms with Crippen LogP contribution in [0.1, 0.15) is 37.3 Å². The molecule has 5 heteroatoms. The van der Waals surface area contributed by atoms with Crippen LogP contribution in [0.5, 0.6) is 0 Å². The first-order chi connectivity index (χ1) is 14.1. The number of piperazine rings is 1. The molecule has 1 heterocycles. The van der Waals surface area contributed by atoms with E-state index in [9.17, 15) is 9.59 Å². The second-order valence-electron chi connectivity index (χ2n) is 7.45. The number of hydrogen-bond acceptors (Lipinski definition) is 3. The van der Waals surface area contributed by atoms with E-state index in [2.05, 4.69) is 58.7 Å². The Balaban J connectivity index is 1.84. The van der Waals surface area contributed by atoms with E-state index >= 15 is 0 Å². The van der Waals surface area contributed by atoms with Gasteiger partial charge in [-0.2, -0.15) is 0 Å². The van der Waals surface area contributed by atoms with E-state index in [1.54, 1.807) is 4.90 Å². The van der Waals surface area contributed by atoms with Crippen LogP contribution in [-0.2, 0) is 9.59 Å². The van der Waals surface area contributed by atoms with Crippen molar-refractivity contribution in [2.75, 3.05) is 32.7 Å². The van der Waals surface area contributed by atoms with Gasteiger partial charge in [-0.1, -0.05) is 60.7 Å². The lowest BCUT2D eigenvalue weighted by Crippen LogP contribution is -2.57. The highest BCUT2D eigenvalue weighted by molar-refractivity contribution is 5.88. The quantitative estimate of drug-likeness (QED) is 0.750. The van der Waals surface area contributed by atoms with Gasteiger partial charge < -0.3 is 10.2 Å². The molecule has 0 bridgehead atoms. The largest absolute Gasteiger partial charge is 0.353 e. The third-order valence-corrected chi connectivity index (χ3v) is 5.75. The summed E-state index contributed by atoms with van der Waals surface area (Å²) in [6.07, 6.45) is 0.226. The monoisotopic (exact) mass is 393 g/mol. The molecule has 1 saturated heterocycles. The zero-order valence-corrected chi connectivity index (χ0v) is 17.4. The molecule has 1 fully saturated rings. The van der Waals surface area contributed by atoms with E-state index < -0.39 is 6.04 Å². The first kappa shape index (κ1) is 21.1. The van der Waals surface area contributed by atoms with E-state index in [4.69, 9.17) is 0 Å². The molecule has 1 aliphatic heterocycles. The molecule has 0 aromatic heterocycles. The van der Waals surface area contributed by atoms with E-state index in [1.165, 1.54) is 11.1 Å². The number of amides is 2. The van der Waals surface area contributed by atoms with Crippen molar-refractivity contribution < 1.29 is 9.59 Å². The highest BCUT2D eigenvalue weighted by Crippen LogP contribution is 2.27. The van der Waals surface area contributed by atoms with Gasteiger partial charge in [0.05, 0.1) is 12.5 Å². The predicted molar refractivity (Wildman–Crippen MR) is 116 cm³/mol. The van der Waals surface area contributed by atoms with Crippen molar-refractivity contribution in [2.24, 2.45) is 0 Å².